The molecule has 0 heterocycles. The SMILES string of the molecule is C[C@H](O)C(=O)N(C)c1ccccc1. The van der Waals surface area contributed by atoms with Crippen LogP contribution in [0.3, 0.4) is 0 Å². The highest BCUT2D eigenvalue weighted by molar-refractivity contribution is 5.95. The van der Waals surface area contributed by atoms with Crippen LogP contribution in [-0.2, 0) is 4.79 Å². The summed E-state index contributed by atoms with van der Waals surface area (Å²) in [5, 5.41) is 9.06. The molecule has 0 spiro atoms. The lowest BCUT2D eigenvalue weighted by molar-refractivity contribution is -0.125. The highest BCUT2D eigenvalue weighted by atomic mass is 16.3. The van der Waals surface area contributed by atoms with E-state index < -0.39 is 6.10 Å². The normalized spacial score (nSPS) is 12.2. The number of rotatable bonds is 2. The molecule has 0 aromatic heterocycles. The topological polar surface area (TPSA) is 40.5 Å². The second-order valence-electron chi connectivity index (χ2n) is 2.91. The summed E-state index contributed by atoms with van der Waals surface area (Å²) >= 11 is 0. The summed E-state index contributed by atoms with van der Waals surface area (Å²) < 4.78 is 0. The van der Waals surface area contributed by atoms with Crippen LogP contribution >= 0.6 is 0 Å². The van der Waals surface area contributed by atoms with Gasteiger partial charge in [-0.25, -0.2) is 0 Å². The van der Waals surface area contributed by atoms with Crippen LogP contribution in [0.5, 0.6) is 0 Å². The van der Waals surface area contributed by atoms with Crippen molar-refractivity contribution >= 4 is 11.6 Å². The van der Waals surface area contributed by atoms with E-state index in [1.54, 1.807) is 7.05 Å². The number of hydrogen-bond donors (Lipinski definition) is 1. The Morgan fingerprint density at radius 3 is 2.38 bits per heavy atom. The maximum absolute atomic E-state index is 11.3. The van der Waals surface area contributed by atoms with Crippen molar-refractivity contribution in [1.82, 2.24) is 0 Å². The van der Waals surface area contributed by atoms with Crippen LogP contribution in [0.25, 0.3) is 0 Å². The lowest BCUT2D eigenvalue weighted by Crippen LogP contribution is -2.34. The molecular weight excluding hydrogens is 166 g/mol. The molecule has 0 aliphatic heterocycles. The third-order valence-electron chi connectivity index (χ3n) is 1.83. The van der Waals surface area contributed by atoms with Gasteiger partial charge in [-0.2, -0.15) is 0 Å². The predicted molar refractivity (Wildman–Crippen MR) is 51.5 cm³/mol. The fourth-order valence-corrected chi connectivity index (χ4v) is 1.06. The molecule has 1 aromatic rings. The average Bonchev–Trinajstić information content (AvgIpc) is 2.17. The van der Waals surface area contributed by atoms with Crippen molar-refractivity contribution in [2.45, 2.75) is 13.0 Å². The summed E-state index contributed by atoms with van der Waals surface area (Å²) in [6, 6.07) is 9.22. The number of likely N-dealkylation sites (N-methyl/N-ethyl adjacent to an activating group) is 1. The van der Waals surface area contributed by atoms with Crippen LogP contribution in [0.1, 0.15) is 6.92 Å². The van der Waals surface area contributed by atoms with Crippen molar-refractivity contribution in [3.8, 4) is 0 Å². The van der Waals surface area contributed by atoms with Gasteiger partial charge in [0.15, 0.2) is 0 Å². The largest absolute Gasteiger partial charge is 0.384 e. The van der Waals surface area contributed by atoms with Gasteiger partial charge in [-0.05, 0) is 19.1 Å². The molecule has 3 heteroatoms. The van der Waals surface area contributed by atoms with E-state index >= 15 is 0 Å². The zero-order chi connectivity index (χ0) is 9.84. The molecule has 1 atom stereocenters. The van der Waals surface area contributed by atoms with Gasteiger partial charge >= 0.3 is 0 Å². The number of aliphatic hydroxyl groups excluding tert-OH is 1. The van der Waals surface area contributed by atoms with E-state index in [-0.39, 0.29) is 5.91 Å². The van der Waals surface area contributed by atoms with Gasteiger partial charge in [0, 0.05) is 12.7 Å². The Hall–Kier alpha value is -1.35. The third kappa shape index (κ3) is 2.29. The van der Waals surface area contributed by atoms with Crippen LogP contribution in [-0.4, -0.2) is 24.2 Å². The summed E-state index contributed by atoms with van der Waals surface area (Å²) in [6.07, 6.45) is -0.954. The van der Waals surface area contributed by atoms with Gasteiger partial charge in [0.05, 0.1) is 0 Å². The van der Waals surface area contributed by atoms with E-state index in [4.69, 9.17) is 5.11 Å². The second-order valence-corrected chi connectivity index (χ2v) is 2.91. The second kappa shape index (κ2) is 4.05. The summed E-state index contributed by atoms with van der Waals surface area (Å²) in [6.45, 7) is 1.46. The van der Waals surface area contributed by atoms with Crippen molar-refractivity contribution < 1.29 is 9.90 Å². The molecule has 3 nitrogen and oxygen atoms in total. The van der Waals surface area contributed by atoms with Gasteiger partial charge in [0.1, 0.15) is 6.10 Å². The molecule has 0 radical (unpaired) electrons. The Labute approximate surface area is 77.6 Å². The molecule has 1 rings (SSSR count). The van der Waals surface area contributed by atoms with E-state index in [0.29, 0.717) is 0 Å². The molecule has 0 aliphatic carbocycles. The summed E-state index contributed by atoms with van der Waals surface area (Å²) in [5.74, 6) is -0.300. The van der Waals surface area contributed by atoms with E-state index in [9.17, 15) is 4.79 Å². The molecule has 0 unspecified atom stereocenters. The lowest BCUT2D eigenvalue weighted by atomic mass is 10.2. The standard InChI is InChI=1S/C10H13NO2/c1-8(12)10(13)11(2)9-6-4-3-5-7-9/h3-8,12H,1-2H3/t8-/m0/s1. The van der Waals surface area contributed by atoms with Crippen LogP contribution < -0.4 is 4.90 Å². The van der Waals surface area contributed by atoms with Crippen molar-refractivity contribution in [2.75, 3.05) is 11.9 Å². The molecular formula is C10H13NO2. The van der Waals surface area contributed by atoms with Crippen molar-refractivity contribution in [2.24, 2.45) is 0 Å². The lowest BCUT2D eigenvalue weighted by Gasteiger charge is -2.18. The summed E-state index contributed by atoms with van der Waals surface area (Å²) in [4.78, 5) is 12.8. The first-order valence-corrected chi connectivity index (χ1v) is 4.13. The van der Waals surface area contributed by atoms with Gasteiger partial charge in [-0.3, -0.25) is 4.79 Å². The molecule has 0 bridgehead atoms. The van der Waals surface area contributed by atoms with Gasteiger partial charge in [-0.15, -0.1) is 0 Å². The maximum atomic E-state index is 11.3. The fourth-order valence-electron chi connectivity index (χ4n) is 1.06. The highest BCUT2D eigenvalue weighted by Crippen LogP contribution is 2.11. The van der Waals surface area contributed by atoms with Crippen LogP contribution in [0.15, 0.2) is 30.3 Å². The predicted octanol–water partition coefficient (Wildman–Crippen LogP) is 1.03. The van der Waals surface area contributed by atoms with Gasteiger partial charge in [0.25, 0.3) is 5.91 Å². The molecule has 1 aromatic carbocycles. The molecule has 0 fully saturated rings. The van der Waals surface area contributed by atoms with Crippen LogP contribution in [0.2, 0.25) is 0 Å². The molecule has 1 N–H and O–H groups in total. The number of benzene rings is 1. The first kappa shape index (κ1) is 9.74. The quantitative estimate of drug-likeness (QED) is 0.736. The van der Waals surface area contributed by atoms with Gasteiger partial charge in [0.2, 0.25) is 0 Å². The van der Waals surface area contributed by atoms with Crippen molar-refractivity contribution in [1.29, 1.82) is 0 Å². The number of carbonyl (C=O) groups excluding carboxylic acids is 1. The van der Waals surface area contributed by atoms with E-state index in [1.165, 1.54) is 11.8 Å². The molecule has 0 saturated carbocycles. The first-order chi connectivity index (χ1) is 6.13. The van der Waals surface area contributed by atoms with Crippen molar-refractivity contribution in [3.05, 3.63) is 30.3 Å². The van der Waals surface area contributed by atoms with E-state index in [2.05, 4.69) is 0 Å². The monoisotopic (exact) mass is 179 g/mol. The number of hydrogen-bond acceptors (Lipinski definition) is 2. The molecule has 0 saturated heterocycles. The Bertz CT molecular complexity index is 282. The summed E-state index contributed by atoms with van der Waals surface area (Å²) in [7, 11) is 1.64. The minimum absolute atomic E-state index is 0.300. The first-order valence-electron chi connectivity index (χ1n) is 4.13. The Kier molecular flexibility index (Phi) is 3.03. The third-order valence-corrected chi connectivity index (χ3v) is 1.83. The average molecular weight is 179 g/mol. The van der Waals surface area contributed by atoms with Gasteiger partial charge < -0.3 is 10.0 Å². The Balaban J connectivity index is 2.80. The number of nitrogens with zero attached hydrogens (tertiary/aromatic N) is 1. The number of anilines is 1. The molecule has 13 heavy (non-hydrogen) atoms. The fraction of sp³-hybridized carbons (Fsp3) is 0.300. The highest BCUT2D eigenvalue weighted by Gasteiger charge is 2.15. The Morgan fingerprint density at radius 2 is 1.92 bits per heavy atom. The Morgan fingerprint density at radius 1 is 1.38 bits per heavy atom. The van der Waals surface area contributed by atoms with E-state index in [1.807, 2.05) is 30.3 Å². The van der Waals surface area contributed by atoms with Crippen LogP contribution in [0.4, 0.5) is 5.69 Å². The van der Waals surface area contributed by atoms with Crippen molar-refractivity contribution in [3.63, 3.8) is 0 Å². The smallest absolute Gasteiger partial charge is 0.255 e. The van der Waals surface area contributed by atoms with Crippen LogP contribution in [0, 0.1) is 0 Å². The number of para-hydroxylation sites is 1. The zero-order valence-electron chi connectivity index (χ0n) is 7.77. The van der Waals surface area contributed by atoms with Gasteiger partial charge in [-0.1, -0.05) is 18.2 Å². The minimum atomic E-state index is -0.954. The zero-order valence-corrected chi connectivity index (χ0v) is 7.77. The molecule has 0 aliphatic rings. The number of aliphatic hydroxyl groups is 1. The minimum Gasteiger partial charge on any atom is -0.384 e. The summed E-state index contributed by atoms with van der Waals surface area (Å²) in [5.41, 5.74) is 0.786. The molecule has 1 amide bonds. The number of amides is 1. The molecule has 70 valence electrons. The van der Waals surface area contributed by atoms with E-state index in [0.717, 1.165) is 5.69 Å². The number of carbonyl (C=O) groups is 1. The maximum Gasteiger partial charge on any atom is 0.255 e.